The second kappa shape index (κ2) is 9.09. The summed E-state index contributed by atoms with van der Waals surface area (Å²) < 4.78 is 31.0. The number of sulfonamides is 1. The molecule has 0 saturated carbocycles. The van der Waals surface area contributed by atoms with Crippen molar-refractivity contribution >= 4 is 33.3 Å². The molecule has 0 bridgehead atoms. The average Bonchev–Trinajstić information content (AvgIpc) is 2.63. The van der Waals surface area contributed by atoms with Gasteiger partial charge in [-0.25, -0.2) is 13.2 Å². The summed E-state index contributed by atoms with van der Waals surface area (Å²) in [7, 11) is -2.45. The summed E-state index contributed by atoms with van der Waals surface area (Å²) in [6.07, 6.45) is 1.35. The van der Waals surface area contributed by atoms with E-state index in [1.165, 1.54) is 13.2 Å². The largest absolute Gasteiger partial charge is 0.465 e. The Morgan fingerprint density at radius 3 is 2.24 bits per heavy atom. The van der Waals surface area contributed by atoms with Crippen LogP contribution in [0, 0.1) is 13.8 Å². The Morgan fingerprint density at radius 2 is 1.72 bits per heavy atom. The maximum Gasteiger partial charge on any atom is 0.337 e. The summed E-state index contributed by atoms with van der Waals surface area (Å²) in [4.78, 5) is 24.7. The number of anilines is 2. The number of methoxy groups -OCH3 is 1. The molecule has 0 aliphatic rings. The molecule has 0 unspecified atom stereocenters. The second-order valence-corrected chi connectivity index (χ2v) is 8.75. The van der Waals surface area contributed by atoms with Crippen LogP contribution in [0.15, 0.2) is 42.5 Å². The van der Waals surface area contributed by atoms with Gasteiger partial charge < -0.3 is 10.1 Å². The van der Waals surface area contributed by atoms with Gasteiger partial charge in [0, 0.05) is 5.69 Å². The summed E-state index contributed by atoms with van der Waals surface area (Å²) in [6.45, 7) is 5.49. The van der Waals surface area contributed by atoms with Crippen molar-refractivity contribution in [1.82, 2.24) is 0 Å². The minimum atomic E-state index is -3.73. The Balaban J connectivity index is 2.40. The van der Waals surface area contributed by atoms with Crippen LogP contribution < -0.4 is 9.62 Å². The molecule has 1 amide bonds. The molecule has 0 radical (unpaired) electrons. The van der Waals surface area contributed by atoms with Crippen LogP contribution >= 0.6 is 0 Å². The molecular weight excluding hydrogens is 392 g/mol. The van der Waals surface area contributed by atoms with Gasteiger partial charge in [-0.05, 0) is 61.7 Å². The zero-order valence-corrected chi connectivity index (χ0v) is 18.0. The molecule has 29 heavy (non-hydrogen) atoms. The van der Waals surface area contributed by atoms with Crippen molar-refractivity contribution in [2.75, 3.05) is 23.0 Å². The lowest BCUT2D eigenvalue weighted by Gasteiger charge is -2.30. The maximum absolute atomic E-state index is 13.0. The number of nitrogens with zero attached hydrogens (tertiary/aromatic N) is 1. The molecule has 0 saturated heterocycles. The van der Waals surface area contributed by atoms with Gasteiger partial charge in [-0.3, -0.25) is 9.10 Å². The Morgan fingerprint density at radius 1 is 1.10 bits per heavy atom. The number of nitrogens with one attached hydrogen (secondary N) is 1. The standard InChI is InChI=1S/C21H26N2O5S/c1-6-19(20(24)22-17-9-7-8-16(13-17)21(25)28-4)23(29(5,26)27)18-11-14(2)10-15(3)12-18/h7-13,19H,6H2,1-5H3,(H,22,24)/t19-/m1/s1. The predicted octanol–water partition coefficient (Wildman–Crippen LogP) is 3.27. The molecule has 0 aromatic heterocycles. The van der Waals surface area contributed by atoms with Crippen molar-refractivity contribution in [2.24, 2.45) is 0 Å². The molecule has 7 nitrogen and oxygen atoms in total. The summed E-state index contributed by atoms with van der Waals surface area (Å²) >= 11 is 0. The number of hydrogen-bond donors (Lipinski definition) is 1. The smallest absolute Gasteiger partial charge is 0.337 e. The molecule has 1 atom stereocenters. The molecule has 1 N–H and O–H groups in total. The van der Waals surface area contributed by atoms with E-state index in [9.17, 15) is 18.0 Å². The highest BCUT2D eigenvalue weighted by Gasteiger charge is 2.31. The molecule has 8 heteroatoms. The highest BCUT2D eigenvalue weighted by molar-refractivity contribution is 7.92. The van der Waals surface area contributed by atoms with Crippen LogP contribution in [-0.2, 0) is 19.6 Å². The normalized spacial score (nSPS) is 12.2. The van der Waals surface area contributed by atoms with Crippen molar-refractivity contribution < 1.29 is 22.7 Å². The highest BCUT2D eigenvalue weighted by Crippen LogP contribution is 2.26. The lowest BCUT2D eigenvalue weighted by Crippen LogP contribution is -2.47. The van der Waals surface area contributed by atoms with Gasteiger partial charge in [0.1, 0.15) is 6.04 Å². The van der Waals surface area contributed by atoms with Crippen molar-refractivity contribution in [3.63, 3.8) is 0 Å². The Bertz CT molecular complexity index is 997. The van der Waals surface area contributed by atoms with Gasteiger partial charge in [-0.15, -0.1) is 0 Å². The van der Waals surface area contributed by atoms with Crippen molar-refractivity contribution in [1.29, 1.82) is 0 Å². The van der Waals surface area contributed by atoms with Crippen LogP contribution in [0.4, 0.5) is 11.4 Å². The van der Waals surface area contributed by atoms with E-state index >= 15 is 0 Å². The number of carbonyl (C=O) groups excluding carboxylic acids is 2. The van der Waals surface area contributed by atoms with Gasteiger partial charge in [0.15, 0.2) is 0 Å². The fourth-order valence-electron chi connectivity index (χ4n) is 3.21. The van der Waals surface area contributed by atoms with E-state index in [0.717, 1.165) is 21.7 Å². The quantitative estimate of drug-likeness (QED) is 0.697. The summed E-state index contributed by atoms with van der Waals surface area (Å²) in [5, 5.41) is 2.71. The van der Waals surface area contributed by atoms with Gasteiger partial charge in [0.25, 0.3) is 0 Å². The molecule has 0 fully saturated rings. The zero-order valence-electron chi connectivity index (χ0n) is 17.2. The molecule has 0 aliphatic heterocycles. The number of carbonyl (C=O) groups is 2. The van der Waals surface area contributed by atoms with Crippen LogP contribution in [-0.4, -0.2) is 39.7 Å². The van der Waals surface area contributed by atoms with E-state index in [1.54, 1.807) is 37.3 Å². The Kier molecular flexibility index (Phi) is 7.02. The molecule has 2 aromatic rings. The van der Waals surface area contributed by atoms with Crippen LogP contribution in [0.25, 0.3) is 0 Å². The third kappa shape index (κ3) is 5.57. The molecule has 0 heterocycles. The second-order valence-electron chi connectivity index (χ2n) is 6.89. The summed E-state index contributed by atoms with van der Waals surface area (Å²) in [6, 6.07) is 10.7. The van der Waals surface area contributed by atoms with E-state index in [-0.39, 0.29) is 12.0 Å². The van der Waals surface area contributed by atoms with Crippen LogP contribution in [0.2, 0.25) is 0 Å². The van der Waals surface area contributed by atoms with Crippen molar-refractivity contribution in [3.05, 3.63) is 59.2 Å². The van der Waals surface area contributed by atoms with Gasteiger partial charge in [0.2, 0.25) is 15.9 Å². The SMILES string of the molecule is CC[C@H](C(=O)Nc1cccc(C(=O)OC)c1)N(c1cc(C)cc(C)c1)S(C)(=O)=O. The summed E-state index contributed by atoms with van der Waals surface area (Å²) in [5.41, 5.74) is 2.90. The van der Waals surface area contributed by atoms with Gasteiger partial charge >= 0.3 is 5.97 Å². The number of amides is 1. The van der Waals surface area contributed by atoms with Crippen LogP contribution in [0.1, 0.15) is 34.8 Å². The average molecular weight is 419 g/mol. The highest BCUT2D eigenvalue weighted by atomic mass is 32.2. The zero-order chi connectivity index (χ0) is 21.8. The number of ether oxygens (including phenoxy) is 1. The number of aryl methyl sites for hydroxylation is 2. The lowest BCUT2D eigenvalue weighted by atomic mass is 10.1. The fourth-order valence-corrected chi connectivity index (χ4v) is 4.40. The fraction of sp³-hybridized carbons (Fsp3) is 0.333. The summed E-state index contributed by atoms with van der Waals surface area (Å²) in [5.74, 6) is -1.01. The van der Waals surface area contributed by atoms with E-state index in [2.05, 4.69) is 10.1 Å². The number of benzene rings is 2. The van der Waals surface area contributed by atoms with Crippen molar-refractivity contribution in [2.45, 2.75) is 33.2 Å². The predicted molar refractivity (Wildman–Crippen MR) is 114 cm³/mol. The monoisotopic (exact) mass is 418 g/mol. The minimum absolute atomic E-state index is 0.266. The first-order valence-electron chi connectivity index (χ1n) is 9.13. The first kappa shape index (κ1) is 22.4. The number of rotatable bonds is 7. The molecule has 0 spiro atoms. The van der Waals surface area contributed by atoms with E-state index in [1.807, 2.05) is 19.9 Å². The molecule has 0 aliphatic carbocycles. The Hall–Kier alpha value is -2.87. The topological polar surface area (TPSA) is 92.8 Å². The molecular formula is C21H26N2O5S. The van der Waals surface area contributed by atoms with Crippen molar-refractivity contribution in [3.8, 4) is 0 Å². The number of esters is 1. The first-order chi connectivity index (χ1) is 13.6. The maximum atomic E-state index is 13.0. The van der Waals surface area contributed by atoms with Gasteiger partial charge in [-0.2, -0.15) is 0 Å². The van der Waals surface area contributed by atoms with E-state index in [0.29, 0.717) is 11.4 Å². The third-order valence-corrected chi connectivity index (χ3v) is 5.52. The third-order valence-electron chi connectivity index (χ3n) is 4.34. The van der Waals surface area contributed by atoms with Gasteiger partial charge in [0.05, 0.1) is 24.6 Å². The Labute approximate surface area is 171 Å². The minimum Gasteiger partial charge on any atom is -0.465 e. The number of hydrogen-bond acceptors (Lipinski definition) is 5. The molecule has 156 valence electrons. The van der Waals surface area contributed by atoms with Crippen LogP contribution in [0.3, 0.4) is 0 Å². The van der Waals surface area contributed by atoms with Gasteiger partial charge in [-0.1, -0.05) is 19.1 Å². The first-order valence-corrected chi connectivity index (χ1v) is 11.0. The lowest BCUT2D eigenvalue weighted by molar-refractivity contribution is -0.117. The molecule has 2 rings (SSSR count). The van der Waals surface area contributed by atoms with E-state index in [4.69, 9.17) is 0 Å². The van der Waals surface area contributed by atoms with E-state index < -0.39 is 27.9 Å². The molecule has 2 aromatic carbocycles. The van der Waals surface area contributed by atoms with Crippen LogP contribution in [0.5, 0.6) is 0 Å².